The Kier molecular flexibility index (Phi) is 35.2. The number of anilines is 4. The van der Waals surface area contributed by atoms with Gasteiger partial charge < -0.3 is 103 Å². The Morgan fingerprint density at radius 3 is 1.59 bits per heavy atom. The number of allylic oxidation sites excluding steroid dienone is 2. The number of pyridine rings is 4. The zero-order valence-corrected chi connectivity index (χ0v) is 85.0. The smallest absolute Gasteiger partial charge is 0.322 e. The van der Waals surface area contributed by atoms with Crippen molar-refractivity contribution >= 4 is 85.7 Å². The molecule has 19 rings (SSSR count). The van der Waals surface area contributed by atoms with Crippen LogP contribution < -0.4 is 74.0 Å². The van der Waals surface area contributed by atoms with Gasteiger partial charge in [-0.1, -0.05) is 25.0 Å². The highest BCUT2D eigenvalue weighted by Crippen LogP contribution is 2.46. The molecule has 5 saturated heterocycles. The van der Waals surface area contributed by atoms with E-state index in [1.807, 2.05) is 100 Å². The summed E-state index contributed by atoms with van der Waals surface area (Å²) >= 11 is 0. The molecule has 7 fully saturated rings. The predicted octanol–water partition coefficient (Wildman–Crippen LogP) is 9.92. The van der Waals surface area contributed by atoms with Gasteiger partial charge in [0, 0.05) is 172 Å². The second kappa shape index (κ2) is 49.1. The van der Waals surface area contributed by atoms with Crippen LogP contribution >= 0.6 is 0 Å². The molecule has 0 aromatic carbocycles. The Labute approximate surface area is 844 Å². The molecule has 42 nitrogen and oxygen atoms in total. The van der Waals surface area contributed by atoms with Crippen LogP contribution in [0.3, 0.4) is 0 Å². The van der Waals surface area contributed by atoms with Crippen molar-refractivity contribution in [1.82, 2.24) is 121 Å². The quantitative estimate of drug-likeness (QED) is 0.0167. The first-order valence-electron chi connectivity index (χ1n) is 50.5. The number of hydrogen-bond acceptors (Lipinski definition) is 35. The molecule has 3 aliphatic carbocycles. The van der Waals surface area contributed by atoms with Gasteiger partial charge in [-0.25, -0.2) is 15.0 Å². The standard InChI is InChI=1S/C27H34N8O3.C26H35N5O3.C25H34N8O3.C25H33N7O5/c1-5-27(9-10-27)17-38-26-30-19(25(36)29-12-15-34(2)3)16-21(31-26)35-13-7-18(8-14-35)23-22-20(37-4)6-11-28-24(22)33-32-23;1-5-17(2)28-25(32)23-15-24(30-26(29-23)34-16-18(3)33-4)31-13-10-19(11-14-31)20-8-9-22-21(20)7-6-12-27-22;1-32(2)13-10-27-24(34)18-14-20(29-25(28-18)36-15-16-4-5-16)33-11-7-17(8-12-33)22-21-19(35-3)6-9-26-23(21)31-30-22;1-15(13-33)28-23(34)22-29-24(31-25(30-22)37-14-17-4-3-11-36-17)32-9-6-16(7-10-32)18-12-27-21-20(18)19(35-2)5-8-26-21/h1,6,11,16,18H,7-10,12-15,17H2,2-4H3,(H,29,36)(H,28,32,33);6-8,12,15,17-19H,5,9-11,13-14,16H2,1-4H3,(H,28,32);6,9,14,16-17H,4-5,7-8,10-13,15H2,1-3H3,(H,27,34)(H,26,30,31);5,8,12,15-17,33H,3-4,6-7,9-11,13-14H2,1-2H3,(H,26,27)(H,28,34)/t;17-,18-;;15-,17-/m.1.1/s1. The van der Waals surface area contributed by atoms with Crippen molar-refractivity contribution in [3.05, 3.63) is 137 Å². The van der Waals surface area contributed by atoms with Crippen LogP contribution in [0.5, 0.6) is 41.3 Å². The highest BCUT2D eigenvalue weighted by atomic mass is 16.5. The second-order valence-electron chi connectivity index (χ2n) is 38.7. The van der Waals surface area contributed by atoms with Crippen molar-refractivity contribution in [2.24, 2.45) is 17.3 Å². The molecule has 0 bridgehead atoms. The van der Waals surface area contributed by atoms with E-state index in [4.69, 9.17) is 49.1 Å². The van der Waals surface area contributed by atoms with E-state index in [9.17, 15) is 24.3 Å². The van der Waals surface area contributed by atoms with Crippen molar-refractivity contribution in [1.29, 1.82) is 0 Å². The number of nitrogens with zero attached hydrogens (tertiary/aromatic N) is 21. The maximum Gasteiger partial charge on any atom is 0.322 e. The molecule has 0 radical (unpaired) electrons. The maximum absolute atomic E-state index is 12.9. The summed E-state index contributed by atoms with van der Waals surface area (Å²) in [5.41, 5.74) is 10.0. The van der Waals surface area contributed by atoms with Crippen molar-refractivity contribution in [3.63, 3.8) is 0 Å². The van der Waals surface area contributed by atoms with E-state index in [1.165, 1.54) is 35.2 Å². The van der Waals surface area contributed by atoms with E-state index in [1.54, 1.807) is 72.2 Å². The molecule has 5 aliphatic heterocycles. The van der Waals surface area contributed by atoms with Gasteiger partial charge in [-0.3, -0.25) is 34.4 Å². The Bertz CT molecular complexity index is 6280. The molecule has 0 unspecified atom stereocenters. The highest BCUT2D eigenvalue weighted by Gasteiger charge is 2.43. The fourth-order valence-electron chi connectivity index (χ4n) is 18.5. The Morgan fingerprint density at radius 1 is 0.559 bits per heavy atom. The molecular formula is C103H136N28O14. The van der Waals surface area contributed by atoms with Crippen molar-refractivity contribution in [2.45, 2.75) is 172 Å². The monoisotopic (exact) mass is 1990 g/mol. The maximum atomic E-state index is 12.9. The van der Waals surface area contributed by atoms with E-state index >= 15 is 0 Å². The summed E-state index contributed by atoms with van der Waals surface area (Å²) in [5.74, 6) is 8.45. The van der Waals surface area contributed by atoms with Gasteiger partial charge in [0.05, 0.1) is 85.4 Å². The largest absolute Gasteiger partial charge is 0.496 e. The molecule has 42 heteroatoms. The number of likely N-dealkylation sites (N-methyl/N-ethyl adjacent to an activating group) is 2. The third-order valence-electron chi connectivity index (χ3n) is 27.7. The van der Waals surface area contributed by atoms with E-state index in [-0.39, 0.29) is 89.5 Å². The van der Waals surface area contributed by atoms with Crippen molar-refractivity contribution in [2.75, 3.05) is 194 Å². The van der Waals surface area contributed by atoms with Gasteiger partial charge in [-0.2, -0.15) is 55.1 Å². The normalized spacial score (nSPS) is 17.6. The molecule has 4 amide bonds. The number of fused-ring (bicyclic) bond motifs is 4. The zero-order chi connectivity index (χ0) is 102. The number of methoxy groups -OCH3 is 4. The lowest BCUT2D eigenvalue weighted by atomic mass is 9.86. The van der Waals surface area contributed by atoms with Crippen LogP contribution in [0.15, 0.2) is 85.6 Å². The first-order chi connectivity index (χ1) is 70.4. The van der Waals surface area contributed by atoms with Crippen LogP contribution in [0, 0.1) is 29.6 Å². The summed E-state index contributed by atoms with van der Waals surface area (Å²) in [5, 5.41) is 38.9. The van der Waals surface area contributed by atoms with Crippen LogP contribution in [0.4, 0.5) is 23.4 Å². The summed E-state index contributed by atoms with van der Waals surface area (Å²) in [6.07, 6.45) is 32.2. The number of carbonyl (C=O) groups excluding carboxylic acids is 4. The summed E-state index contributed by atoms with van der Waals surface area (Å²) in [6.45, 7) is 18.5. The molecule has 8 N–H and O–H groups in total. The van der Waals surface area contributed by atoms with E-state index < -0.39 is 11.9 Å². The van der Waals surface area contributed by atoms with Crippen LogP contribution in [0.2, 0.25) is 0 Å². The fraction of sp³-hybridized carbons (Fsp3) is 0.544. The van der Waals surface area contributed by atoms with Crippen molar-refractivity contribution in [3.8, 4) is 53.6 Å². The lowest BCUT2D eigenvalue weighted by molar-refractivity contribution is 0.0642. The molecule has 11 aromatic heterocycles. The second-order valence-corrected chi connectivity index (χ2v) is 38.7. The molecule has 11 aromatic rings. The lowest BCUT2D eigenvalue weighted by Crippen LogP contribution is -2.38. The number of terminal acetylenes is 1. The van der Waals surface area contributed by atoms with E-state index in [0.717, 1.165) is 211 Å². The summed E-state index contributed by atoms with van der Waals surface area (Å²) in [7, 11) is 14.5. The number of amides is 4. The van der Waals surface area contributed by atoms with Crippen LogP contribution in [0.1, 0.15) is 212 Å². The summed E-state index contributed by atoms with van der Waals surface area (Å²) in [6, 6.07) is 15.5. The van der Waals surface area contributed by atoms with Gasteiger partial charge in [-0.05, 0) is 204 Å². The molecule has 2 saturated carbocycles. The third-order valence-corrected chi connectivity index (χ3v) is 27.7. The van der Waals surface area contributed by atoms with Crippen LogP contribution in [-0.2, 0) is 15.9 Å². The fourth-order valence-corrected chi connectivity index (χ4v) is 18.5. The molecule has 4 atom stereocenters. The Morgan fingerprint density at radius 2 is 1.07 bits per heavy atom. The van der Waals surface area contributed by atoms with Gasteiger partial charge in [0.25, 0.3) is 23.6 Å². The lowest BCUT2D eigenvalue weighted by Gasteiger charge is -2.34. The minimum absolute atomic E-state index is 0.00898. The Balaban J connectivity index is 0.000000139. The number of rotatable bonds is 38. The SMILES string of the molecule is C#CC1(COc2nc(C(=O)NCCN(C)C)cc(N3CCC(c4[nH]nc5nccc(OC)c45)CC3)n2)CC1.CC[C@@H](C)NC(=O)c1cc(N2CCC(C3=CCc4ncccc43)CC2)nc(OC[C@@H](C)OC)n1.COc1ccnc2[nH]cc(C3CCN(c4nc(OC[C@H]5CCCO5)nc(C(=O)N[C@H](C)CO)n4)CC3)c12.COc1ccnc2n[nH]c(C3CCN(c4cc(C(=O)NCCN(C)C)nc(OCC5CC5)n4)CC3)c12. The zero-order valence-electron chi connectivity index (χ0n) is 85.0. The topological polar surface area (TPSA) is 480 Å². The number of hydrogen-bond donors (Lipinski definition) is 8. The van der Waals surface area contributed by atoms with E-state index in [2.05, 4.69) is 144 Å². The van der Waals surface area contributed by atoms with Crippen LogP contribution in [-0.4, -0.2) is 328 Å². The third kappa shape index (κ3) is 26.8. The highest BCUT2D eigenvalue weighted by molar-refractivity contribution is 5.95. The predicted molar refractivity (Wildman–Crippen MR) is 547 cm³/mol. The van der Waals surface area contributed by atoms with Gasteiger partial charge >= 0.3 is 24.0 Å². The van der Waals surface area contributed by atoms with Gasteiger partial charge in [-0.15, -0.1) is 6.42 Å². The number of nitrogens with one attached hydrogen (secondary N) is 7. The number of aromatic nitrogens is 18. The number of aliphatic hydroxyl groups is 1. The van der Waals surface area contributed by atoms with Gasteiger partial charge in [0.2, 0.25) is 11.8 Å². The molecule has 772 valence electrons. The number of aromatic amines is 3. The molecular weight excluding hydrogens is 1850 g/mol. The average Bonchev–Trinajstić information content (AvgIpc) is 1.65. The first kappa shape index (κ1) is 104. The number of H-pyrrole nitrogens is 3. The van der Waals surface area contributed by atoms with Gasteiger partial charge in [0.1, 0.15) is 77.3 Å². The Hall–Kier alpha value is -13.9. The number of ether oxygens (including phenoxy) is 9. The number of aliphatic hydroxyl groups excluding tert-OH is 1. The minimum Gasteiger partial charge on any atom is -0.496 e. The van der Waals surface area contributed by atoms with Crippen molar-refractivity contribution < 1.29 is 66.9 Å². The first-order valence-corrected chi connectivity index (χ1v) is 50.5. The average molecular weight is 1990 g/mol. The molecule has 16 heterocycles. The van der Waals surface area contributed by atoms with E-state index in [0.29, 0.717) is 111 Å². The number of carbonyl (C=O) groups is 4. The summed E-state index contributed by atoms with van der Waals surface area (Å²) in [4.78, 5) is 125. The molecule has 0 spiro atoms. The molecule has 8 aliphatic rings. The number of piperidine rings is 4. The van der Waals surface area contributed by atoms with Crippen LogP contribution in [0.25, 0.3) is 38.7 Å². The molecule has 145 heavy (non-hydrogen) atoms. The minimum atomic E-state index is -0.486. The summed E-state index contributed by atoms with van der Waals surface area (Å²) < 4.78 is 51.0. The van der Waals surface area contributed by atoms with Gasteiger partial charge in [0.15, 0.2) is 11.3 Å².